The molecule has 0 atom stereocenters. The lowest BCUT2D eigenvalue weighted by molar-refractivity contribution is -0.131. The van der Waals surface area contributed by atoms with Crippen LogP contribution in [0.5, 0.6) is 0 Å². The summed E-state index contributed by atoms with van der Waals surface area (Å²) in [4.78, 5) is 31.2. The molecule has 178 valence electrons. The Morgan fingerprint density at radius 1 is 0.914 bits per heavy atom. The third-order valence-corrected chi connectivity index (χ3v) is 6.60. The molecular weight excluding hydrogens is 438 g/mol. The van der Waals surface area contributed by atoms with Gasteiger partial charge in [-0.1, -0.05) is 42.5 Å². The van der Waals surface area contributed by atoms with Crippen molar-refractivity contribution in [1.29, 1.82) is 0 Å². The summed E-state index contributed by atoms with van der Waals surface area (Å²) in [5.74, 6) is 0.626. The average Bonchev–Trinajstić information content (AvgIpc) is 3.37. The topological polar surface area (TPSA) is 78.7 Å². The van der Waals surface area contributed by atoms with Gasteiger partial charge >= 0.3 is 6.03 Å². The number of anilines is 1. The second kappa shape index (κ2) is 10.4. The van der Waals surface area contributed by atoms with E-state index in [-0.39, 0.29) is 11.9 Å². The summed E-state index contributed by atoms with van der Waals surface area (Å²) >= 11 is 0. The summed E-state index contributed by atoms with van der Waals surface area (Å²) in [5.41, 5.74) is 4.91. The van der Waals surface area contributed by atoms with Crippen LogP contribution in [-0.2, 0) is 17.8 Å². The second-order valence-electron chi connectivity index (χ2n) is 8.97. The minimum absolute atomic E-state index is 0.199. The van der Waals surface area contributed by atoms with Gasteiger partial charge in [-0.05, 0) is 59.7 Å². The zero-order valence-corrected chi connectivity index (χ0v) is 19.6. The van der Waals surface area contributed by atoms with Crippen LogP contribution in [0.1, 0.15) is 35.4 Å². The molecule has 3 heterocycles. The fraction of sp³-hybridized carbons (Fsp3) is 0.250. The van der Waals surface area contributed by atoms with Crippen LogP contribution < -0.4 is 10.6 Å². The van der Waals surface area contributed by atoms with Crippen molar-refractivity contribution >= 4 is 23.3 Å². The van der Waals surface area contributed by atoms with Crippen molar-refractivity contribution in [3.63, 3.8) is 0 Å². The number of pyridine rings is 1. The Balaban J connectivity index is 1.08. The first-order chi connectivity index (χ1) is 17.1. The number of carbonyl (C=O) groups excluding carboxylic acids is 2. The molecule has 3 amide bonds. The lowest BCUT2D eigenvalue weighted by Crippen LogP contribution is -2.38. The highest BCUT2D eigenvalue weighted by Crippen LogP contribution is 2.29. The predicted octanol–water partition coefficient (Wildman–Crippen LogP) is 4.60. The number of aromatic nitrogens is 2. The Morgan fingerprint density at radius 3 is 2.46 bits per heavy atom. The van der Waals surface area contributed by atoms with Crippen LogP contribution in [0.3, 0.4) is 0 Å². The molecular formula is C28H29N5O2. The van der Waals surface area contributed by atoms with Crippen LogP contribution in [0.2, 0.25) is 0 Å². The molecule has 2 N–H and O–H groups in total. The minimum atomic E-state index is -0.244. The lowest BCUT2D eigenvalue weighted by atomic mass is 9.89. The van der Waals surface area contributed by atoms with E-state index in [0.717, 1.165) is 48.4 Å². The molecule has 7 heteroatoms. The number of piperidine rings is 1. The highest BCUT2D eigenvalue weighted by molar-refractivity contribution is 5.89. The van der Waals surface area contributed by atoms with Gasteiger partial charge in [0.15, 0.2) is 0 Å². The van der Waals surface area contributed by atoms with Crippen molar-refractivity contribution in [1.82, 2.24) is 19.6 Å². The molecule has 0 spiro atoms. The standard InChI is InChI=1S/C28H29N5O2/c34-27(19-21-4-2-1-3-5-21)33-15-11-24(12-16-33)23-6-8-25(9-7-23)31-28(35)30-20-22-10-14-32-17-13-29-26(32)18-22/h1-10,13-14,17-18,24H,11-12,15-16,19-20H2,(H2,30,31,35). The summed E-state index contributed by atoms with van der Waals surface area (Å²) < 4.78 is 1.93. The Kier molecular flexibility index (Phi) is 6.75. The van der Waals surface area contributed by atoms with Crippen molar-refractivity contribution in [3.05, 3.63) is 102 Å². The van der Waals surface area contributed by atoms with Gasteiger partial charge in [-0.25, -0.2) is 9.78 Å². The third-order valence-electron chi connectivity index (χ3n) is 6.60. The molecule has 2 aromatic heterocycles. The van der Waals surface area contributed by atoms with E-state index in [2.05, 4.69) is 27.8 Å². The van der Waals surface area contributed by atoms with Crippen molar-refractivity contribution in [2.45, 2.75) is 31.7 Å². The van der Waals surface area contributed by atoms with Crippen molar-refractivity contribution in [2.75, 3.05) is 18.4 Å². The number of imidazole rings is 1. The largest absolute Gasteiger partial charge is 0.342 e. The number of benzene rings is 2. The summed E-state index contributed by atoms with van der Waals surface area (Å²) in [6, 6.07) is 21.6. The number of hydrogen-bond acceptors (Lipinski definition) is 3. The van der Waals surface area contributed by atoms with Gasteiger partial charge in [0.1, 0.15) is 5.65 Å². The normalized spacial score (nSPS) is 14.1. The number of nitrogens with one attached hydrogen (secondary N) is 2. The molecule has 4 aromatic rings. The molecule has 0 aliphatic carbocycles. The first-order valence-electron chi connectivity index (χ1n) is 12.0. The van der Waals surface area contributed by atoms with Gasteiger partial charge in [0, 0.05) is 43.9 Å². The molecule has 5 rings (SSSR count). The fourth-order valence-corrected chi connectivity index (χ4v) is 4.60. The van der Waals surface area contributed by atoms with E-state index >= 15 is 0 Å². The Morgan fingerprint density at radius 2 is 1.69 bits per heavy atom. The number of carbonyl (C=O) groups is 2. The summed E-state index contributed by atoms with van der Waals surface area (Å²) in [5, 5.41) is 5.79. The van der Waals surface area contributed by atoms with Gasteiger partial charge in [0.25, 0.3) is 0 Å². The van der Waals surface area contributed by atoms with E-state index in [1.807, 2.05) is 76.3 Å². The molecule has 35 heavy (non-hydrogen) atoms. The number of amides is 3. The predicted molar refractivity (Wildman–Crippen MR) is 136 cm³/mol. The molecule has 1 aliphatic rings. The van der Waals surface area contributed by atoms with E-state index in [0.29, 0.717) is 18.9 Å². The van der Waals surface area contributed by atoms with Gasteiger partial charge < -0.3 is 19.9 Å². The molecule has 1 aliphatic heterocycles. The summed E-state index contributed by atoms with van der Waals surface area (Å²) in [6.07, 6.45) is 7.94. The molecule has 0 unspecified atom stereocenters. The number of nitrogens with zero attached hydrogens (tertiary/aromatic N) is 3. The van der Waals surface area contributed by atoms with Crippen LogP contribution in [-0.4, -0.2) is 39.3 Å². The molecule has 1 fully saturated rings. The maximum absolute atomic E-state index is 12.6. The molecule has 0 saturated carbocycles. The number of fused-ring (bicyclic) bond motifs is 1. The number of hydrogen-bond donors (Lipinski definition) is 2. The van der Waals surface area contributed by atoms with E-state index < -0.39 is 0 Å². The van der Waals surface area contributed by atoms with E-state index in [9.17, 15) is 9.59 Å². The van der Waals surface area contributed by atoms with Crippen molar-refractivity contribution in [2.24, 2.45) is 0 Å². The maximum Gasteiger partial charge on any atom is 0.319 e. The van der Waals surface area contributed by atoms with Crippen LogP contribution in [0.15, 0.2) is 85.3 Å². The Labute approximate surface area is 204 Å². The first kappa shape index (κ1) is 22.7. The minimum Gasteiger partial charge on any atom is -0.342 e. The van der Waals surface area contributed by atoms with Gasteiger partial charge in [-0.15, -0.1) is 0 Å². The van der Waals surface area contributed by atoms with Crippen LogP contribution in [0, 0.1) is 0 Å². The monoisotopic (exact) mass is 467 g/mol. The average molecular weight is 468 g/mol. The third kappa shape index (κ3) is 5.69. The summed E-state index contributed by atoms with van der Waals surface area (Å²) in [6.45, 7) is 1.99. The fourth-order valence-electron chi connectivity index (χ4n) is 4.60. The smallest absolute Gasteiger partial charge is 0.319 e. The van der Waals surface area contributed by atoms with E-state index in [1.165, 1.54) is 5.56 Å². The van der Waals surface area contributed by atoms with Crippen LogP contribution in [0.25, 0.3) is 5.65 Å². The molecule has 0 radical (unpaired) electrons. The second-order valence-corrected chi connectivity index (χ2v) is 8.97. The van der Waals surface area contributed by atoms with Gasteiger partial charge in [-0.2, -0.15) is 0 Å². The van der Waals surface area contributed by atoms with Crippen LogP contribution in [0.4, 0.5) is 10.5 Å². The SMILES string of the molecule is O=C(NCc1ccn2ccnc2c1)Nc1ccc(C2CCN(C(=O)Cc3ccccc3)CC2)cc1. The van der Waals surface area contributed by atoms with Crippen molar-refractivity contribution in [3.8, 4) is 0 Å². The molecule has 0 bridgehead atoms. The zero-order chi connectivity index (χ0) is 24.0. The lowest BCUT2D eigenvalue weighted by Gasteiger charge is -2.32. The maximum atomic E-state index is 12.6. The highest BCUT2D eigenvalue weighted by atomic mass is 16.2. The van der Waals surface area contributed by atoms with Gasteiger partial charge in [-0.3, -0.25) is 4.79 Å². The number of rotatable bonds is 6. The first-order valence-corrected chi connectivity index (χ1v) is 12.0. The molecule has 1 saturated heterocycles. The van der Waals surface area contributed by atoms with Gasteiger partial charge in [0.05, 0.1) is 6.42 Å². The molecule has 2 aromatic carbocycles. The Bertz CT molecular complexity index is 1290. The van der Waals surface area contributed by atoms with Gasteiger partial charge in [0.2, 0.25) is 5.91 Å². The highest BCUT2D eigenvalue weighted by Gasteiger charge is 2.23. The van der Waals surface area contributed by atoms with Crippen LogP contribution >= 0.6 is 0 Å². The summed E-state index contributed by atoms with van der Waals surface area (Å²) in [7, 11) is 0. The van der Waals surface area contributed by atoms with E-state index in [1.54, 1.807) is 6.20 Å². The number of likely N-dealkylation sites (tertiary alicyclic amines) is 1. The van der Waals surface area contributed by atoms with Crippen molar-refractivity contribution < 1.29 is 9.59 Å². The zero-order valence-electron chi connectivity index (χ0n) is 19.6. The molecule has 7 nitrogen and oxygen atoms in total. The Hall–Kier alpha value is -4.13. The quantitative estimate of drug-likeness (QED) is 0.435. The number of urea groups is 1. The van der Waals surface area contributed by atoms with E-state index in [4.69, 9.17) is 0 Å².